The summed E-state index contributed by atoms with van der Waals surface area (Å²) in [6.07, 6.45) is 2.87. The molecule has 0 spiro atoms. The fraction of sp³-hybridized carbons (Fsp3) is 0.0645. The van der Waals surface area contributed by atoms with Crippen molar-refractivity contribution in [2.45, 2.75) is 0 Å². The van der Waals surface area contributed by atoms with Crippen LogP contribution >= 0.6 is 0 Å². The Hall–Kier alpha value is -5.97. The van der Waals surface area contributed by atoms with Crippen molar-refractivity contribution in [3.8, 4) is 28.7 Å². The second-order valence-corrected chi connectivity index (χ2v) is 7.91. The minimum absolute atomic E-state index is 0.0130. The average molecular weight is 573 g/mol. The maximum Gasteiger partial charge on any atom is 0.343 e. The van der Waals surface area contributed by atoms with Crippen molar-refractivity contribution in [1.82, 2.24) is 0 Å². The normalized spacial score (nSPS) is 9.90. The Morgan fingerprint density at radius 3 is 1.55 bits per heavy atom. The van der Waals surface area contributed by atoms with Crippen LogP contribution in [0.25, 0.3) is 0 Å². The highest BCUT2D eigenvalue weighted by atomic mass is 16.6. The van der Waals surface area contributed by atoms with Crippen molar-refractivity contribution in [2.24, 2.45) is 0 Å². The predicted octanol–water partition coefficient (Wildman–Crippen LogP) is 4.42. The molecule has 0 amide bonds. The Balaban J connectivity index is 1.58. The molecule has 0 aliphatic rings. The summed E-state index contributed by atoms with van der Waals surface area (Å²) in [6.45, 7) is 10.1. The van der Waals surface area contributed by atoms with Crippen molar-refractivity contribution in [1.29, 1.82) is 0 Å². The number of hydrogen-bond acceptors (Lipinski definition) is 11. The van der Waals surface area contributed by atoms with Gasteiger partial charge in [0.25, 0.3) is 0 Å². The summed E-state index contributed by atoms with van der Waals surface area (Å²) in [5.41, 5.74) is 0.243. The van der Waals surface area contributed by atoms with Gasteiger partial charge < -0.3 is 28.4 Å². The summed E-state index contributed by atoms with van der Waals surface area (Å²) >= 11 is 0. The first-order valence-corrected chi connectivity index (χ1v) is 12.1. The van der Waals surface area contributed by atoms with Crippen LogP contribution < -0.4 is 23.7 Å². The molecule has 0 fully saturated rings. The molecule has 0 saturated carbocycles. The fourth-order valence-electron chi connectivity index (χ4n) is 3.05. The van der Waals surface area contributed by atoms with Gasteiger partial charge in [0, 0.05) is 18.2 Å². The molecule has 0 atom stereocenters. The molecule has 3 aromatic carbocycles. The maximum absolute atomic E-state index is 12.7. The molecular formula is C31H24O11. The molecule has 0 aliphatic carbocycles. The second-order valence-electron chi connectivity index (χ2n) is 7.91. The van der Waals surface area contributed by atoms with Crippen molar-refractivity contribution in [2.75, 3.05) is 13.2 Å². The van der Waals surface area contributed by atoms with Gasteiger partial charge in [0.05, 0.1) is 11.1 Å². The molecule has 11 nitrogen and oxygen atoms in total. The lowest BCUT2D eigenvalue weighted by atomic mass is 10.2. The number of carbonyl (C=O) groups excluding carboxylic acids is 5. The van der Waals surface area contributed by atoms with Gasteiger partial charge >= 0.3 is 29.8 Å². The Bertz CT molecular complexity index is 1500. The van der Waals surface area contributed by atoms with Crippen LogP contribution in [0.4, 0.5) is 0 Å². The van der Waals surface area contributed by atoms with Gasteiger partial charge in [-0.15, -0.1) is 0 Å². The largest absolute Gasteiger partial charge is 0.490 e. The first kappa shape index (κ1) is 30.6. The van der Waals surface area contributed by atoms with Crippen LogP contribution in [0, 0.1) is 0 Å². The molecular weight excluding hydrogens is 548 g/mol. The summed E-state index contributed by atoms with van der Waals surface area (Å²) in [6, 6.07) is 15.6. The van der Waals surface area contributed by atoms with E-state index in [2.05, 4.69) is 19.7 Å². The Morgan fingerprint density at radius 1 is 0.524 bits per heavy atom. The van der Waals surface area contributed by atoms with Gasteiger partial charge in [0.1, 0.15) is 30.5 Å². The quantitative estimate of drug-likeness (QED) is 0.124. The monoisotopic (exact) mass is 572 g/mol. The molecule has 0 radical (unpaired) electrons. The third-order valence-corrected chi connectivity index (χ3v) is 5.03. The molecule has 0 aliphatic heterocycles. The molecule has 0 bridgehead atoms. The number of ether oxygens (including phenoxy) is 6. The van der Waals surface area contributed by atoms with Gasteiger partial charge in [-0.3, -0.25) is 0 Å². The molecule has 0 N–H and O–H groups in total. The lowest BCUT2D eigenvalue weighted by Crippen LogP contribution is -2.12. The zero-order valence-electron chi connectivity index (χ0n) is 22.1. The number of rotatable bonds is 13. The molecule has 214 valence electrons. The molecule has 11 heteroatoms. The van der Waals surface area contributed by atoms with E-state index in [-0.39, 0.29) is 47.3 Å². The highest BCUT2D eigenvalue weighted by Crippen LogP contribution is 2.30. The first-order valence-electron chi connectivity index (χ1n) is 12.1. The van der Waals surface area contributed by atoms with Gasteiger partial charge in [-0.2, -0.15) is 0 Å². The van der Waals surface area contributed by atoms with E-state index in [4.69, 9.17) is 28.4 Å². The number of hydrogen-bond donors (Lipinski definition) is 0. The van der Waals surface area contributed by atoms with Gasteiger partial charge in [-0.05, 0) is 66.7 Å². The minimum Gasteiger partial charge on any atom is -0.490 e. The van der Waals surface area contributed by atoms with E-state index in [0.29, 0.717) is 5.75 Å². The van der Waals surface area contributed by atoms with E-state index in [1.807, 2.05) is 0 Å². The van der Waals surface area contributed by atoms with Gasteiger partial charge in [0.15, 0.2) is 11.5 Å². The summed E-state index contributed by atoms with van der Waals surface area (Å²) in [4.78, 5) is 59.4. The fourth-order valence-corrected chi connectivity index (χ4v) is 3.05. The Kier molecular flexibility index (Phi) is 10.9. The Labute approximate surface area is 240 Å². The number of benzene rings is 3. The maximum atomic E-state index is 12.7. The SMILES string of the molecule is C=CC(=O)OCCOc1ccc(C(=O)Oc2ccc(OC(=O)c3ccc(OC(=O)C=C)c(OC(=O)C=C)c3)cc2)cc1. The van der Waals surface area contributed by atoms with Crippen LogP contribution in [-0.2, 0) is 19.1 Å². The van der Waals surface area contributed by atoms with Gasteiger partial charge in [-0.25, -0.2) is 24.0 Å². The van der Waals surface area contributed by atoms with Crippen LogP contribution in [0.15, 0.2) is 105 Å². The van der Waals surface area contributed by atoms with Gasteiger partial charge in [0.2, 0.25) is 0 Å². The number of esters is 5. The predicted molar refractivity (Wildman–Crippen MR) is 148 cm³/mol. The van der Waals surface area contributed by atoms with Gasteiger partial charge in [-0.1, -0.05) is 19.7 Å². The first-order chi connectivity index (χ1) is 20.2. The smallest absolute Gasteiger partial charge is 0.343 e. The highest BCUT2D eigenvalue weighted by Gasteiger charge is 2.17. The topological polar surface area (TPSA) is 141 Å². The zero-order valence-corrected chi connectivity index (χ0v) is 22.1. The third kappa shape index (κ3) is 9.06. The molecule has 0 saturated heterocycles. The highest BCUT2D eigenvalue weighted by molar-refractivity contribution is 5.93. The summed E-state index contributed by atoms with van der Waals surface area (Å²) < 4.78 is 31.0. The lowest BCUT2D eigenvalue weighted by Gasteiger charge is -2.11. The molecule has 0 heterocycles. The van der Waals surface area contributed by atoms with E-state index < -0.39 is 29.8 Å². The van der Waals surface area contributed by atoms with Crippen molar-refractivity contribution in [3.63, 3.8) is 0 Å². The van der Waals surface area contributed by atoms with Crippen LogP contribution in [0.3, 0.4) is 0 Å². The zero-order chi connectivity index (χ0) is 30.5. The minimum atomic E-state index is -0.838. The van der Waals surface area contributed by atoms with Crippen LogP contribution in [-0.4, -0.2) is 43.1 Å². The van der Waals surface area contributed by atoms with E-state index in [1.165, 1.54) is 54.6 Å². The van der Waals surface area contributed by atoms with E-state index >= 15 is 0 Å². The molecule has 3 rings (SSSR count). The molecule has 3 aromatic rings. The summed E-state index contributed by atoms with van der Waals surface area (Å²) in [5, 5.41) is 0. The second kappa shape index (κ2) is 15.0. The lowest BCUT2D eigenvalue weighted by molar-refractivity contribution is -0.138. The number of carbonyl (C=O) groups is 5. The van der Waals surface area contributed by atoms with Crippen molar-refractivity contribution >= 4 is 29.8 Å². The van der Waals surface area contributed by atoms with E-state index in [1.54, 1.807) is 12.1 Å². The molecule has 0 aromatic heterocycles. The standard InChI is InChI=1S/C31H24O11/c1-4-27(32)38-18-17-37-22-10-7-20(8-11-22)30(35)39-23-12-14-24(15-13-23)40-31(36)21-9-16-25(41-28(33)5-2)26(19-21)42-29(34)6-3/h4-16,19H,1-3,17-18H2. The molecule has 42 heavy (non-hydrogen) atoms. The van der Waals surface area contributed by atoms with Crippen molar-refractivity contribution in [3.05, 3.63) is 116 Å². The van der Waals surface area contributed by atoms with Crippen LogP contribution in [0.2, 0.25) is 0 Å². The van der Waals surface area contributed by atoms with E-state index in [9.17, 15) is 24.0 Å². The average Bonchev–Trinajstić information content (AvgIpc) is 3.00. The summed E-state index contributed by atoms with van der Waals surface area (Å²) in [5.74, 6) is -3.17. The summed E-state index contributed by atoms with van der Waals surface area (Å²) in [7, 11) is 0. The van der Waals surface area contributed by atoms with Crippen LogP contribution in [0.1, 0.15) is 20.7 Å². The van der Waals surface area contributed by atoms with Crippen LogP contribution in [0.5, 0.6) is 28.7 Å². The Morgan fingerprint density at radius 2 is 1.00 bits per heavy atom. The van der Waals surface area contributed by atoms with E-state index in [0.717, 1.165) is 18.2 Å². The molecule has 0 unspecified atom stereocenters. The van der Waals surface area contributed by atoms with Crippen molar-refractivity contribution < 1.29 is 52.4 Å². The third-order valence-electron chi connectivity index (χ3n) is 5.03.